The molecule has 134 valence electrons. The lowest BCUT2D eigenvalue weighted by Gasteiger charge is -2.37. The van der Waals surface area contributed by atoms with Crippen molar-refractivity contribution >= 4 is 24.0 Å². The predicted octanol–water partition coefficient (Wildman–Crippen LogP) is 3.74. The molecule has 0 bridgehead atoms. The van der Waals surface area contributed by atoms with Crippen molar-refractivity contribution < 1.29 is 13.9 Å². The highest BCUT2D eigenvalue weighted by molar-refractivity contribution is 5.96. The highest BCUT2D eigenvalue weighted by atomic mass is 35.5. The van der Waals surface area contributed by atoms with E-state index in [1.165, 1.54) is 12.1 Å². The molecule has 0 spiro atoms. The summed E-state index contributed by atoms with van der Waals surface area (Å²) in [5.74, 6) is -0.340. The fraction of sp³-hybridized carbons (Fsp3) is 0.316. The summed E-state index contributed by atoms with van der Waals surface area (Å²) in [5, 5.41) is 0. The lowest BCUT2D eigenvalue weighted by Crippen LogP contribution is -2.46. The number of ether oxygens (including phenoxy) is 1. The van der Waals surface area contributed by atoms with Crippen molar-refractivity contribution in [2.75, 3.05) is 18.8 Å². The Morgan fingerprint density at radius 2 is 1.88 bits per heavy atom. The number of anilines is 1. The van der Waals surface area contributed by atoms with Crippen LogP contribution in [-0.4, -0.2) is 30.0 Å². The van der Waals surface area contributed by atoms with Crippen LogP contribution in [-0.2, 0) is 4.74 Å². The lowest BCUT2D eigenvalue weighted by atomic mass is 10.0. The van der Waals surface area contributed by atoms with Crippen molar-refractivity contribution in [1.82, 2.24) is 4.90 Å². The van der Waals surface area contributed by atoms with Crippen LogP contribution in [0.2, 0.25) is 0 Å². The summed E-state index contributed by atoms with van der Waals surface area (Å²) in [5.41, 5.74) is 8.77. The van der Waals surface area contributed by atoms with E-state index in [0.717, 1.165) is 11.1 Å². The maximum atomic E-state index is 13.1. The van der Waals surface area contributed by atoms with Crippen molar-refractivity contribution in [3.05, 3.63) is 65.0 Å². The Morgan fingerprint density at radius 3 is 2.56 bits per heavy atom. The molecular formula is C19H22ClFN2O2. The SMILES string of the molecule is Cc1ccc(N)cc1C(=O)N1CC(C)OC(c2ccc(F)cc2)C1.Cl. The molecule has 2 N–H and O–H groups in total. The number of nitrogens with two attached hydrogens (primary N) is 1. The summed E-state index contributed by atoms with van der Waals surface area (Å²) in [7, 11) is 0. The van der Waals surface area contributed by atoms with Gasteiger partial charge in [0, 0.05) is 17.8 Å². The molecule has 1 heterocycles. The molecule has 1 aliphatic heterocycles. The predicted molar refractivity (Wildman–Crippen MR) is 98.4 cm³/mol. The molecule has 1 amide bonds. The number of hydrogen-bond donors (Lipinski definition) is 1. The smallest absolute Gasteiger partial charge is 0.254 e. The fourth-order valence-electron chi connectivity index (χ4n) is 3.02. The van der Waals surface area contributed by atoms with Gasteiger partial charge in [-0.3, -0.25) is 4.79 Å². The van der Waals surface area contributed by atoms with Gasteiger partial charge in [0.05, 0.1) is 12.6 Å². The fourth-order valence-corrected chi connectivity index (χ4v) is 3.02. The minimum atomic E-state index is -0.286. The second-order valence-corrected chi connectivity index (χ2v) is 6.27. The van der Waals surface area contributed by atoms with Gasteiger partial charge in [0.15, 0.2) is 0 Å². The van der Waals surface area contributed by atoms with Crippen molar-refractivity contribution in [2.24, 2.45) is 0 Å². The van der Waals surface area contributed by atoms with Gasteiger partial charge >= 0.3 is 0 Å². The third kappa shape index (κ3) is 4.30. The van der Waals surface area contributed by atoms with E-state index in [4.69, 9.17) is 10.5 Å². The van der Waals surface area contributed by atoms with Gasteiger partial charge < -0.3 is 15.4 Å². The normalized spacial score (nSPS) is 20.0. The van der Waals surface area contributed by atoms with Gasteiger partial charge in [-0.05, 0) is 49.2 Å². The highest BCUT2D eigenvalue weighted by Gasteiger charge is 2.30. The number of carbonyl (C=O) groups excluding carboxylic acids is 1. The van der Waals surface area contributed by atoms with Gasteiger partial charge in [0.2, 0.25) is 0 Å². The number of nitrogen functional groups attached to an aromatic ring is 1. The number of hydrogen-bond acceptors (Lipinski definition) is 3. The summed E-state index contributed by atoms with van der Waals surface area (Å²) in [4.78, 5) is 14.7. The molecule has 2 aromatic rings. The maximum Gasteiger partial charge on any atom is 0.254 e. The first-order valence-corrected chi connectivity index (χ1v) is 8.00. The zero-order valence-corrected chi connectivity index (χ0v) is 15.1. The molecule has 6 heteroatoms. The van der Waals surface area contributed by atoms with Crippen molar-refractivity contribution in [3.63, 3.8) is 0 Å². The molecule has 2 atom stereocenters. The highest BCUT2D eigenvalue weighted by Crippen LogP contribution is 2.27. The first kappa shape index (κ1) is 19.2. The zero-order chi connectivity index (χ0) is 17.3. The van der Waals surface area contributed by atoms with Crippen LogP contribution >= 0.6 is 12.4 Å². The second-order valence-electron chi connectivity index (χ2n) is 6.27. The van der Waals surface area contributed by atoms with Crippen molar-refractivity contribution in [1.29, 1.82) is 0 Å². The summed E-state index contributed by atoms with van der Waals surface area (Å²) in [6, 6.07) is 11.6. The van der Waals surface area contributed by atoms with Crippen LogP contribution in [0.1, 0.15) is 34.5 Å². The molecule has 2 unspecified atom stereocenters. The number of nitrogens with zero attached hydrogens (tertiary/aromatic N) is 1. The Morgan fingerprint density at radius 1 is 1.20 bits per heavy atom. The third-order valence-corrected chi connectivity index (χ3v) is 4.28. The number of halogens is 2. The summed E-state index contributed by atoms with van der Waals surface area (Å²) >= 11 is 0. The summed E-state index contributed by atoms with van der Waals surface area (Å²) < 4.78 is 19.1. The van der Waals surface area contributed by atoms with E-state index in [9.17, 15) is 9.18 Å². The molecule has 4 nitrogen and oxygen atoms in total. The van der Waals surface area contributed by atoms with Crippen LogP contribution in [0, 0.1) is 12.7 Å². The number of carbonyl (C=O) groups is 1. The van der Waals surface area contributed by atoms with E-state index >= 15 is 0 Å². The Bertz CT molecular complexity index is 752. The van der Waals surface area contributed by atoms with Crippen LogP contribution in [0.3, 0.4) is 0 Å². The minimum Gasteiger partial charge on any atom is -0.399 e. The Labute approximate surface area is 153 Å². The molecule has 3 rings (SSSR count). The summed E-state index contributed by atoms with van der Waals surface area (Å²) in [6.45, 7) is 4.78. The number of aryl methyl sites for hydroxylation is 1. The third-order valence-electron chi connectivity index (χ3n) is 4.28. The molecule has 1 aliphatic rings. The summed E-state index contributed by atoms with van der Waals surface area (Å²) in [6.07, 6.45) is -0.362. The standard InChI is InChI=1S/C19H21FN2O2.ClH/c1-12-3-8-16(21)9-17(12)19(23)22-10-13(2)24-18(11-22)14-4-6-15(20)7-5-14;/h3-9,13,18H,10-11,21H2,1-2H3;1H. The molecular weight excluding hydrogens is 343 g/mol. The molecule has 0 aromatic heterocycles. The van der Waals surface area contributed by atoms with Gasteiger partial charge in [-0.2, -0.15) is 0 Å². The quantitative estimate of drug-likeness (QED) is 0.826. The molecule has 1 fully saturated rings. The number of benzene rings is 2. The topological polar surface area (TPSA) is 55.6 Å². The van der Waals surface area contributed by atoms with Crippen LogP contribution in [0.4, 0.5) is 10.1 Å². The average Bonchev–Trinajstić information content (AvgIpc) is 2.56. The van der Waals surface area contributed by atoms with E-state index in [-0.39, 0.29) is 36.3 Å². The van der Waals surface area contributed by atoms with E-state index in [1.54, 1.807) is 29.2 Å². The molecule has 25 heavy (non-hydrogen) atoms. The lowest BCUT2D eigenvalue weighted by molar-refractivity contribution is -0.0692. The second kappa shape index (κ2) is 7.85. The van der Waals surface area contributed by atoms with E-state index in [1.807, 2.05) is 19.9 Å². The van der Waals surface area contributed by atoms with Crippen LogP contribution in [0.25, 0.3) is 0 Å². The van der Waals surface area contributed by atoms with Crippen molar-refractivity contribution in [2.45, 2.75) is 26.1 Å². The van der Waals surface area contributed by atoms with Gasteiger partial charge in [-0.15, -0.1) is 12.4 Å². The molecule has 0 aliphatic carbocycles. The minimum absolute atomic E-state index is 0. The Kier molecular flexibility index (Phi) is 6.03. The van der Waals surface area contributed by atoms with Gasteiger partial charge in [0.25, 0.3) is 5.91 Å². The average molecular weight is 365 g/mol. The van der Waals surface area contributed by atoms with Crippen LogP contribution in [0.5, 0.6) is 0 Å². The van der Waals surface area contributed by atoms with Gasteiger partial charge in [-0.25, -0.2) is 4.39 Å². The van der Waals surface area contributed by atoms with E-state index < -0.39 is 0 Å². The number of morpholine rings is 1. The zero-order valence-electron chi connectivity index (χ0n) is 14.2. The first-order chi connectivity index (χ1) is 11.4. The maximum absolute atomic E-state index is 13.1. The van der Waals surface area contributed by atoms with Crippen molar-refractivity contribution in [3.8, 4) is 0 Å². The molecule has 2 aromatic carbocycles. The van der Waals surface area contributed by atoms with E-state index in [2.05, 4.69) is 0 Å². The Hall–Kier alpha value is -2.11. The molecule has 0 saturated carbocycles. The molecule has 0 radical (unpaired) electrons. The van der Waals surface area contributed by atoms with Gasteiger partial charge in [-0.1, -0.05) is 18.2 Å². The first-order valence-electron chi connectivity index (χ1n) is 8.00. The largest absolute Gasteiger partial charge is 0.399 e. The molecule has 1 saturated heterocycles. The van der Waals surface area contributed by atoms with E-state index in [0.29, 0.717) is 24.3 Å². The van der Waals surface area contributed by atoms with Gasteiger partial charge in [0.1, 0.15) is 11.9 Å². The number of amides is 1. The monoisotopic (exact) mass is 364 g/mol. The van der Waals surface area contributed by atoms with Crippen LogP contribution < -0.4 is 5.73 Å². The van der Waals surface area contributed by atoms with Crippen LogP contribution in [0.15, 0.2) is 42.5 Å². The Balaban J connectivity index is 0.00000225. The number of rotatable bonds is 2.